The Labute approximate surface area is 212 Å². The Morgan fingerprint density at radius 2 is 1.80 bits per heavy atom. The van der Waals surface area contributed by atoms with Crippen LogP contribution in [0.3, 0.4) is 0 Å². The van der Waals surface area contributed by atoms with Crippen molar-refractivity contribution < 1.29 is 23.8 Å². The lowest BCUT2D eigenvalue weighted by molar-refractivity contribution is 0.0142. The zero-order valence-electron chi connectivity index (χ0n) is 20.8. The first-order valence-electron chi connectivity index (χ1n) is 11.8. The minimum atomic E-state index is -1.01. The lowest BCUT2D eigenvalue weighted by Gasteiger charge is -2.35. The van der Waals surface area contributed by atoms with E-state index < -0.39 is 17.6 Å². The molecule has 0 bridgehead atoms. The lowest BCUT2D eigenvalue weighted by atomic mass is 10.1. The van der Waals surface area contributed by atoms with E-state index in [1.165, 1.54) is 6.07 Å². The summed E-state index contributed by atoms with van der Waals surface area (Å²) in [5.41, 5.74) is 0.689. The molecule has 1 aliphatic heterocycles. The van der Waals surface area contributed by atoms with E-state index in [4.69, 9.17) is 21.1 Å². The van der Waals surface area contributed by atoms with Gasteiger partial charge in [0, 0.05) is 56.0 Å². The molecule has 1 aliphatic rings. The molecule has 9 heteroatoms. The van der Waals surface area contributed by atoms with Crippen molar-refractivity contribution in [3.05, 3.63) is 58.9 Å². The van der Waals surface area contributed by atoms with Crippen molar-refractivity contribution in [3.8, 4) is 5.75 Å². The number of hydrogen-bond acceptors (Lipinski definition) is 6. The molecule has 1 heterocycles. The highest BCUT2D eigenvalue weighted by atomic mass is 35.5. The van der Waals surface area contributed by atoms with Gasteiger partial charge in [-0.3, -0.25) is 4.90 Å². The van der Waals surface area contributed by atoms with Crippen molar-refractivity contribution in [2.24, 2.45) is 0 Å². The first kappa shape index (κ1) is 27.0. The molecule has 3 rings (SSSR count). The van der Waals surface area contributed by atoms with Gasteiger partial charge < -0.3 is 24.4 Å². The van der Waals surface area contributed by atoms with Crippen LogP contribution >= 0.6 is 11.6 Å². The van der Waals surface area contributed by atoms with Gasteiger partial charge in [-0.1, -0.05) is 17.7 Å². The standard InChI is InChI=1S/C26H35ClFN3O4/c1-26(2,3)35-25(33)31-15-13-30(14-16-31)12-5-17-34-23-11-6-19(18-22(23)28)24(32)29(4)21-9-7-20(27)8-10-21/h6-11,18,24,32H,5,12-17H2,1-4H3. The molecule has 0 aromatic heterocycles. The van der Waals surface area contributed by atoms with Crippen LogP contribution in [0.25, 0.3) is 0 Å². The molecule has 1 unspecified atom stereocenters. The summed E-state index contributed by atoms with van der Waals surface area (Å²) in [5, 5.41) is 11.2. The van der Waals surface area contributed by atoms with E-state index in [0.717, 1.165) is 31.7 Å². The number of carbonyl (C=O) groups is 1. The van der Waals surface area contributed by atoms with Crippen LogP contribution in [0.5, 0.6) is 5.75 Å². The molecule has 1 amide bonds. The number of rotatable bonds is 8. The summed E-state index contributed by atoms with van der Waals surface area (Å²) in [6, 6.07) is 11.5. The maximum Gasteiger partial charge on any atom is 0.410 e. The number of hydrogen-bond donors (Lipinski definition) is 1. The van der Waals surface area contributed by atoms with Crippen LogP contribution in [0, 0.1) is 5.82 Å². The van der Waals surface area contributed by atoms with Crippen LogP contribution in [0.1, 0.15) is 39.0 Å². The van der Waals surface area contributed by atoms with Crippen LogP contribution < -0.4 is 9.64 Å². The highest BCUT2D eigenvalue weighted by Crippen LogP contribution is 2.28. The van der Waals surface area contributed by atoms with Gasteiger partial charge in [-0.05, 0) is 63.6 Å². The molecule has 1 N–H and O–H groups in total. The minimum Gasteiger partial charge on any atom is -0.490 e. The number of aliphatic hydroxyl groups is 1. The van der Waals surface area contributed by atoms with Crippen molar-refractivity contribution in [1.82, 2.24) is 9.80 Å². The normalized spacial score (nSPS) is 15.6. The third-order valence-electron chi connectivity index (χ3n) is 5.76. The maximum atomic E-state index is 14.6. The van der Waals surface area contributed by atoms with Gasteiger partial charge in [0.25, 0.3) is 0 Å². The maximum absolute atomic E-state index is 14.6. The van der Waals surface area contributed by atoms with Crippen LogP contribution in [0.2, 0.25) is 5.02 Å². The van der Waals surface area contributed by atoms with Crippen molar-refractivity contribution >= 4 is 23.4 Å². The number of halogens is 2. The summed E-state index contributed by atoms with van der Waals surface area (Å²) < 4.78 is 25.7. The van der Waals surface area contributed by atoms with E-state index in [1.54, 1.807) is 53.2 Å². The zero-order valence-corrected chi connectivity index (χ0v) is 21.6. The smallest absolute Gasteiger partial charge is 0.410 e. The molecule has 192 valence electrons. The van der Waals surface area contributed by atoms with Gasteiger partial charge in [0.1, 0.15) is 5.60 Å². The predicted octanol–water partition coefficient (Wildman–Crippen LogP) is 4.93. The number of piperazine rings is 1. The van der Waals surface area contributed by atoms with Gasteiger partial charge in [-0.2, -0.15) is 0 Å². The molecule has 7 nitrogen and oxygen atoms in total. The quantitative estimate of drug-likeness (QED) is 0.404. The van der Waals surface area contributed by atoms with E-state index in [9.17, 15) is 14.3 Å². The Kier molecular flexibility index (Phi) is 9.21. The number of anilines is 1. The average Bonchev–Trinajstić information content (AvgIpc) is 2.81. The molecule has 0 aliphatic carbocycles. The van der Waals surface area contributed by atoms with E-state index in [1.807, 2.05) is 20.8 Å². The van der Waals surface area contributed by atoms with E-state index in [2.05, 4.69) is 4.90 Å². The van der Waals surface area contributed by atoms with Gasteiger partial charge >= 0.3 is 6.09 Å². The van der Waals surface area contributed by atoms with Crippen LogP contribution in [0.4, 0.5) is 14.9 Å². The molecule has 2 aromatic rings. The minimum absolute atomic E-state index is 0.157. The fourth-order valence-corrected chi connectivity index (χ4v) is 3.91. The van der Waals surface area contributed by atoms with Crippen molar-refractivity contribution in [3.63, 3.8) is 0 Å². The fraction of sp³-hybridized carbons (Fsp3) is 0.500. The zero-order chi connectivity index (χ0) is 25.6. The first-order valence-corrected chi connectivity index (χ1v) is 12.2. The summed E-state index contributed by atoms with van der Waals surface area (Å²) in [4.78, 5) is 17.8. The molecular formula is C26H35ClFN3O4. The molecule has 1 fully saturated rings. The van der Waals surface area contributed by atoms with E-state index in [0.29, 0.717) is 30.3 Å². The molecular weight excluding hydrogens is 473 g/mol. The Balaban J connectivity index is 1.42. The van der Waals surface area contributed by atoms with Gasteiger partial charge in [0.2, 0.25) is 0 Å². The van der Waals surface area contributed by atoms with Gasteiger partial charge in [-0.15, -0.1) is 0 Å². The fourth-order valence-electron chi connectivity index (χ4n) is 3.79. The molecule has 2 aromatic carbocycles. The SMILES string of the molecule is CN(c1ccc(Cl)cc1)C(O)c1ccc(OCCCN2CCN(C(=O)OC(C)(C)C)CC2)c(F)c1. The third kappa shape index (κ3) is 7.98. The molecule has 1 saturated heterocycles. The summed E-state index contributed by atoms with van der Waals surface area (Å²) >= 11 is 5.92. The summed E-state index contributed by atoms with van der Waals surface area (Å²) in [7, 11) is 1.73. The predicted molar refractivity (Wildman–Crippen MR) is 136 cm³/mol. The summed E-state index contributed by atoms with van der Waals surface area (Å²) in [5.74, 6) is -0.359. The molecule has 1 atom stereocenters. The number of amides is 1. The van der Waals surface area contributed by atoms with Crippen molar-refractivity contribution in [2.75, 3.05) is 51.3 Å². The van der Waals surface area contributed by atoms with Gasteiger partial charge in [0.15, 0.2) is 17.8 Å². The van der Waals surface area contributed by atoms with Crippen molar-refractivity contribution in [1.29, 1.82) is 0 Å². The topological polar surface area (TPSA) is 65.5 Å². The number of nitrogens with zero attached hydrogens (tertiary/aromatic N) is 3. The number of carbonyl (C=O) groups excluding carboxylic acids is 1. The Hall–Kier alpha value is -2.55. The number of aliphatic hydroxyl groups excluding tert-OH is 1. The Morgan fingerprint density at radius 1 is 1.14 bits per heavy atom. The first-order chi connectivity index (χ1) is 16.5. The van der Waals surface area contributed by atoms with Crippen LogP contribution in [-0.2, 0) is 4.74 Å². The summed E-state index contributed by atoms with van der Waals surface area (Å²) in [6.07, 6.45) is -0.557. The second-order valence-electron chi connectivity index (χ2n) is 9.66. The third-order valence-corrected chi connectivity index (χ3v) is 6.01. The molecule has 0 saturated carbocycles. The molecule has 0 radical (unpaired) electrons. The van der Waals surface area contributed by atoms with Gasteiger partial charge in [-0.25, -0.2) is 9.18 Å². The molecule has 35 heavy (non-hydrogen) atoms. The highest BCUT2D eigenvalue weighted by Gasteiger charge is 2.25. The van der Waals surface area contributed by atoms with Gasteiger partial charge in [0.05, 0.1) is 6.61 Å². The second-order valence-corrected chi connectivity index (χ2v) is 10.1. The molecule has 0 spiro atoms. The van der Waals surface area contributed by atoms with Crippen LogP contribution in [0.15, 0.2) is 42.5 Å². The monoisotopic (exact) mass is 507 g/mol. The number of ether oxygens (including phenoxy) is 2. The highest BCUT2D eigenvalue weighted by molar-refractivity contribution is 6.30. The second kappa shape index (κ2) is 11.9. The van der Waals surface area contributed by atoms with Crippen LogP contribution in [-0.4, -0.2) is 73.0 Å². The lowest BCUT2D eigenvalue weighted by Crippen LogP contribution is -2.50. The summed E-state index contributed by atoms with van der Waals surface area (Å²) in [6.45, 7) is 9.53. The number of benzene rings is 2. The average molecular weight is 508 g/mol. The van der Waals surface area contributed by atoms with E-state index >= 15 is 0 Å². The Bertz CT molecular complexity index is 976. The Morgan fingerprint density at radius 3 is 2.40 bits per heavy atom. The van der Waals surface area contributed by atoms with E-state index in [-0.39, 0.29) is 11.8 Å². The van der Waals surface area contributed by atoms with Crippen molar-refractivity contribution in [2.45, 2.75) is 39.0 Å². The largest absolute Gasteiger partial charge is 0.490 e.